The van der Waals surface area contributed by atoms with Crippen molar-refractivity contribution in [2.24, 2.45) is 4.99 Å². The predicted molar refractivity (Wildman–Crippen MR) is 148 cm³/mol. The van der Waals surface area contributed by atoms with Crippen molar-refractivity contribution >= 4 is 39.3 Å². The minimum atomic E-state index is -0.772. The molecule has 0 unspecified atom stereocenters. The summed E-state index contributed by atoms with van der Waals surface area (Å²) in [5.41, 5.74) is 2.02. The number of allylic oxidation sites excluding steroid dienone is 1. The Kier molecular flexibility index (Phi) is 8.14. The molecule has 2 aromatic carbocycles. The summed E-state index contributed by atoms with van der Waals surface area (Å²) >= 11 is 4.78. The minimum absolute atomic E-state index is 0.259. The van der Waals surface area contributed by atoms with Crippen molar-refractivity contribution in [3.63, 3.8) is 0 Å². The van der Waals surface area contributed by atoms with Crippen molar-refractivity contribution < 1.29 is 19.0 Å². The summed E-state index contributed by atoms with van der Waals surface area (Å²) in [6.45, 7) is 9.39. The van der Waals surface area contributed by atoms with E-state index in [0.717, 1.165) is 10.0 Å². The van der Waals surface area contributed by atoms with Gasteiger partial charge in [0.05, 0.1) is 29.0 Å². The second kappa shape index (κ2) is 11.3. The summed E-state index contributed by atoms with van der Waals surface area (Å²) in [5.74, 6) is 0.735. The number of nitrogens with zero attached hydrogens (tertiary/aromatic N) is 2. The van der Waals surface area contributed by atoms with Gasteiger partial charge in [0, 0.05) is 10.0 Å². The van der Waals surface area contributed by atoms with Gasteiger partial charge in [-0.05, 0) is 62.7 Å². The average molecular weight is 584 g/mol. The fourth-order valence-corrected chi connectivity index (χ4v) is 5.47. The third-order valence-electron chi connectivity index (χ3n) is 5.62. The van der Waals surface area contributed by atoms with Gasteiger partial charge >= 0.3 is 5.97 Å². The first-order valence-electron chi connectivity index (χ1n) is 11.6. The van der Waals surface area contributed by atoms with E-state index in [1.54, 1.807) is 44.6 Å². The van der Waals surface area contributed by atoms with Crippen LogP contribution in [0.4, 0.5) is 0 Å². The van der Waals surface area contributed by atoms with E-state index < -0.39 is 12.0 Å². The molecule has 0 N–H and O–H groups in total. The maximum absolute atomic E-state index is 13.8. The van der Waals surface area contributed by atoms with E-state index in [9.17, 15) is 9.59 Å². The van der Waals surface area contributed by atoms with Gasteiger partial charge in [-0.2, -0.15) is 0 Å². The SMILES string of the molecule is C=CCOc1ccc(/C=c2\sc3n(c2=O)[C@@H](c2cc(Br)ccc2OC)C(C(=O)OC(C)C)=C(C)N=3)cc1. The standard InChI is InChI=1S/C28H27BrN2O5S/c1-6-13-35-20-10-7-18(8-11-20)14-23-26(32)31-25(21-15-19(29)9-12-22(21)34-5)24(27(33)36-16(2)3)17(4)30-28(31)37-23/h6-12,14-16,25H,1,13H2,2-5H3/b23-14-/t25-/m0/s1. The number of carbonyl (C=O) groups excluding carboxylic acids is 1. The lowest BCUT2D eigenvalue weighted by Crippen LogP contribution is -2.40. The number of carbonyl (C=O) groups is 1. The van der Waals surface area contributed by atoms with Gasteiger partial charge in [0.1, 0.15) is 24.1 Å². The van der Waals surface area contributed by atoms with Crippen LogP contribution in [0.15, 0.2) is 80.6 Å². The first-order chi connectivity index (χ1) is 17.7. The maximum atomic E-state index is 13.8. The van der Waals surface area contributed by atoms with Crippen LogP contribution in [0.1, 0.15) is 37.9 Å². The Labute approximate surface area is 227 Å². The molecule has 1 atom stereocenters. The van der Waals surface area contributed by atoms with Gasteiger partial charge in [-0.15, -0.1) is 0 Å². The summed E-state index contributed by atoms with van der Waals surface area (Å²) in [5, 5.41) is 0. The van der Waals surface area contributed by atoms with Crippen molar-refractivity contribution in [1.82, 2.24) is 4.57 Å². The molecule has 0 aliphatic carbocycles. The zero-order chi connectivity index (χ0) is 26.7. The van der Waals surface area contributed by atoms with Crippen LogP contribution in [0.25, 0.3) is 6.08 Å². The van der Waals surface area contributed by atoms with Crippen molar-refractivity contribution in [2.45, 2.75) is 32.9 Å². The Morgan fingerprint density at radius 1 is 1.24 bits per heavy atom. The molecule has 0 fully saturated rings. The topological polar surface area (TPSA) is 79.1 Å². The average Bonchev–Trinajstić information content (AvgIpc) is 3.16. The van der Waals surface area contributed by atoms with Crippen molar-refractivity contribution in [1.29, 1.82) is 0 Å². The normalized spacial score (nSPS) is 15.3. The van der Waals surface area contributed by atoms with Gasteiger partial charge in [0.2, 0.25) is 0 Å². The third kappa shape index (κ3) is 5.62. The number of thiazole rings is 1. The number of benzene rings is 2. The van der Waals surface area contributed by atoms with E-state index in [1.807, 2.05) is 42.5 Å². The summed E-state index contributed by atoms with van der Waals surface area (Å²) in [6.07, 6.45) is 3.15. The van der Waals surface area contributed by atoms with Crippen molar-refractivity contribution in [3.05, 3.63) is 102 Å². The summed E-state index contributed by atoms with van der Waals surface area (Å²) in [6, 6.07) is 12.2. The molecule has 1 aromatic heterocycles. The van der Waals surface area contributed by atoms with E-state index in [2.05, 4.69) is 27.5 Å². The second-order valence-electron chi connectivity index (χ2n) is 8.59. The lowest BCUT2D eigenvalue weighted by molar-refractivity contribution is -0.143. The summed E-state index contributed by atoms with van der Waals surface area (Å²) in [4.78, 5) is 32.2. The number of aromatic nitrogens is 1. The van der Waals surface area contributed by atoms with Gasteiger partial charge in [-0.25, -0.2) is 9.79 Å². The molecule has 1 aliphatic rings. The fraction of sp³-hybridized carbons (Fsp3) is 0.250. The van der Waals surface area contributed by atoms with Crippen LogP contribution in [0.2, 0.25) is 0 Å². The Morgan fingerprint density at radius 3 is 2.62 bits per heavy atom. The smallest absolute Gasteiger partial charge is 0.338 e. The van der Waals surface area contributed by atoms with Crippen molar-refractivity contribution in [2.75, 3.05) is 13.7 Å². The number of fused-ring (bicyclic) bond motifs is 1. The molecular formula is C28H27BrN2O5S. The molecule has 1 aliphatic heterocycles. The van der Waals surface area contributed by atoms with Gasteiger partial charge in [0.25, 0.3) is 5.56 Å². The molecule has 9 heteroatoms. The second-order valence-corrected chi connectivity index (χ2v) is 10.5. The fourth-order valence-electron chi connectivity index (χ4n) is 4.04. The number of methoxy groups -OCH3 is 1. The van der Waals surface area contributed by atoms with Crippen LogP contribution in [-0.4, -0.2) is 30.4 Å². The first kappa shape index (κ1) is 26.6. The maximum Gasteiger partial charge on any atom is 0.338 e. The molecule has 7 nitrogen and oxygen atoms in total. The molecule has 0 saturated heterocycles. The zero-order valence-corrected chi connectivity index (χ0v) is 23.4. The number of hydrogen-bond donors (Lipinski definition) is 0. The van der Waals surface area contributed by atoms with Crippen LogP contribution in [-0.2, 0) is 9.53 Å². The number of hydrogen-bond acceptors (Lipinski definition) is 7. The van der Waals surface area contributed by atoms with Gasteiger partial charge in [-0.3, -0.25) is 9.36 Å². The highest BCUT2D eigenvalue weighted by Gasteiger charge is 2.35. The Balaban J connectivity index is 1.90. The molecule has 3 aromatic rings. The molecule has 2 heterocycles. The number of ether oxygens (including phenoxy) is 3. The number of rotatable bonds is 8. The molecule has 0 radical (unpaired) electrons. The van der Waals surface area contributed by atoms with Gasteiger partial charge in [0.15, 0.2) is 4.80 Å². The Bertz CT molecular complexity index is 1550. The number of esters is 1. The van der Waals surface area contributed by atoms with E-state index in [-0.39, 0.29) is 11.7 Å². The van der Waals surface area contributed by atoms with E-state index in [1.165, 1.54) is 11.3 Å². The first-order valence-corrected chi connectivity index (χ1v) is 13.2. The van der Waals surface area contributed by atoms with Gasteiger partial charge < -0.3 is 14.2 Å². The molecule has 192 valence electrons. The Morgan fingerprint density at radius 2 is 1.97 bits per heavy atom. The lowest BCUT2D eigenvalue weighted by Gasteiger charge is -2.26. The molecule has 0 spiro atoms. The summed E-state index contributed by atoms with van der Waals surface area (Å²) < 4.78 is 19.6. The molecule has 0 bridgehead atoms. The third-order valence-corrected chi connectivity index (χ3v) is 7.09. The minimum Gasteiger partial charge on any atom is -0.496 e. The number of halogens is 1. The highest BCUT2D eigenvalue weighted by Crippen LogP contribution is 2.37. The molecule has 0 amide bonds. The molecule has 0 saturated carbocycles. The van der Waals surface area contributed by atoms with Crippen LogP contribution in [0, 0.1) is 0 Å². The van der Waals surface area contributed by atoms with E-state index >= 15 is 0 Å². The molecule has 37 heavy (non-hydrogen) atoms. The highest BCUT2D eigenvalue weighted by atomic mass is 79.9. The largest absolute Gasteiger partial charge is 0.496 e. The molecule has 4 rings (SSSR count). The van der Waals surface area contributed by atoms with Crippen LogP contribution < -0.4 is 24.4 Å². The van der Waals surface area contributed by atoms with E-state index in [4.69, 9.17) is 14.2 Å². The van der Waals surface area contributed by atoms with Crippen LogP contribution in [0.3, 0.4) is 0 Å². The van der Waals surface area contributed by atoms with Crippen molar-refractivity contribution in [3.8, 4) is 11.5 Å². The summed E-state index contributed by atoms with van der Waals surface area (Å²) in [7, 11) is 1.56. The molecular weight excluding hydrogens is 556 g/mol. The van der Waals surface area contributed by atoms with Crippen LogP contribution >= 0.6 is 27.3 Å². The van der Waals surface area contributed by atoms with Gasteiger partial charge in [-0.1, -0.05) is 52.1 Å². The van der Waals surface area contributed by atoms with E-state index in [0.29, 0.717) is 44.3 Å². The monoisotopic (exact) mass is 582 g/mol. The lowest BCUT2D eigenvalue weighted by atomic mass is 9.95. The predicted octanol–water partition coefficient (Wildman–Crippen LogP) is 4.52. The van der Waals surface area contributed by atoms with Crippen LogP contribution in [0.5, 0.6) is 11.5 Å². The Hall–Kier alpha value is -3.43. The highest BCUT2D eigenvalue weighted by molar-refractivity contribution is 9.10. The quantitative estimate of drug-likeness (QED) is 0.288. The zero-order valence-electron chi connectivity index (χ0n) is 21.0.